The molecule has 0 bridgehead atoms. The lowest BCUT2D eigenvalue weighted by Crippen LogP contribution is -2.08. The first-order valence-electron chi connectivity index (χ1n) is 6.74. The lowest BCUT2D eigenvalue weighted by molar-refractivity contribution is 0.0691. The van der Waals surface area contributed by atoms with E-state index in [1.54, 1.807) is 13.3 Å². The third-order valence-electron chi connectivity index (χ3n) is 2.44. The van der Waals surface area contributed by atoms with E-state index in [9.17, 15) is 0 Å². The summed E-state index contributed by atoms with van der Waals surface area (Å²) in [6.07, 6.45) is 3.83. The number of aromatic nitrogens is 2. The molecule has 0 aliphatic heterocycles. The second kappa shape index (κ2) is 10.5. The van der Waals surface area contributed by atoms with Gasteiger partial charge in [-0.3, -0.25) is 0 Å². The Morgan fingerprint density at radius 1 is 1.16 bits per heavy atom. The standard InChI is InChI=1S/C13H24N4O2/c1-3-14-13-16-8-6-12(17-13)15-7-4-5-9-19-11-10-18-2/h6,8H,3-5,7,9-11H2,1-2H3,(H2,14,15,16,17). The molecule has 2 N–H and O–H groups in total. The largest absolute Gasteiger partial charge is 0.382 e. The number of hydrogen-bond donors (Lipinski definition) is 2. The molecule has 0 saturated heterocycles. The van der Waals surface area contributed by atoms with Crippen LogP contribution in [0.5, 0.6) is 0 Å². The summed E-state index contributed by atoms with van der Waals surface area (Å²) in [6.45, 7) is 5.83. The van der Waals surface area contributed by atoms with E-state index in [0.717, 1.165) is 38.4 Å². The van der Waals surface area contributed by atoms with Gasteiger partial charge < -0.3 is 20.1 Å². The van der Waals surface area contributed by atoms with Crippen LogP contribution in [0.2, 0.25) is 0 Å². The molecule has 6 nitrogen and oxygen atoms in total. The van der Waals surface area contributed by atoms with Gasteiger partial charge in [0.15, 0.2) is 0 Å². The summed E-state index contributed by atoms with van der Waals surface area (Å²) in [6, 6.07) is 1.87. The van der Waals surface area contributed by atoms with Crippen molar-refractivity contribution in [1.29, 1.82) is 0 Å². The highest BCUT2D eigenvalue weighted by molar-refractivity contribution is 5.39. The molecule has 0 spiro atoms. The van der Waals surface area contributed by atoms with Crippen LogP contribution in [-0.2, 0) is 9.47 Å². The number of hydrogen-bond acceptors (Lipinski definition) is 6. The van der Waals surface area contributed by atoms with Crippen LogP contribution in [0, 0.1) is 0 Å². The van der Waals surface area contributed by atoms with Crippen LogP contribution < -0.4 is 10.6 Å². The highest BCUT2D eigenvalue weighted by atomic mass is 16.5. The molecule has 1 heterocycles. The number of anilines is 2. The minimum Gasteiger partial charge on any atom is -0.382 e. The van der Waals surface area contributed by atoms with Crippen LogP contribution >= 0.6 is 0 Å². The average Bonchev–Trinajstić information content (AvgIpc) is 2.43. The summed E-state index contributed by atoms with van der Waals surface area (Å²) in [4.78, 5) is 8.46. The van der Waals surface area contributed by atoms with Crippen molar-refractivity contribution in [3.8, 4) is 0 Å². The molecule has 0 amide bonds. The molecule has 108 valence electrons. The van der Waals surface area contributed by atoms with Gasteiger partial charge >= 0.3 is 0 Å². The van der Waals surface area contributed by atoms with Crippen molar-refractivity contribution in [2.24, 2.45) is 0 Å². The summed E-state index contributed by atoms with van der Waals surface area (Å²) >= 11 is 0. The molecule has 0 aliphatic carbocycles. The lowest BCUT2D eigenvalue weighted by Gasteiger charge is -2.07. The predicted molar refractivity (Wildman–Crippen MR) is 76.6 cm³/mol. The van der Waals surface area contributed by atoms with Crippen molar-refractivity contribution >= 4 is 11.8 Å². The second-order valence-electron chi connectivity index (χ2n) is 4.03. The average molecular weight is 268 g/mol. The van der Waals surface area contributed by atoms with E-state index in [1.807, 2.05) is 13.0 Å². The Labute approximate surface area is 114 Å². The third kappa shape index (κ3) is 7.58. The van der Waals surface area contributed by atoms with E-state index in [0.29, 0.717) is 19.2 Å². The Morgan fingerprint density at radius 2 is 2.05 bits per heavy atom. The monoisotopic (exact) mass is 268 g/mol. The van der Waals surface area contributed by atoms with Gasteiger partial charge in [-0.15, -0.1) is 0 Å². The van der Waals surface area contributed by atoms with Gasteiger partial charge in [-0.05, 0) is 25.8 Å². The maximum absolute atomic E-state index is 5.39. The van der Waals surface area contributed by atoms with Crippen molar-refractivity contribution in [3.63, 3.8) is 0 Å². The van der Waals surface area contributed by atoms with E-state index in [-0.39, 0.29) is 0 Å². The zero-order chi connectivity index (χ0) is 13.8. The number of nitrogens with zero attached hydrogens (tertiary/aromatic N) is 2. The Balaban J connectivity index is 2.07. The van der Waals surface area contributed by atoms with E-state index >= 15 is 0 Å². The summed E-state index contributed by atoms with van der Waals surface area (Å²) in [5, 5.41) is 6.36. The maximum Gasteiger partial charge on any atom is 0.224 e. The Hall–Kier alpha value is -1.40. The fourth-order valence-corrected chi connectivity index (χ4v) is 1.49. The van der Waals surface area contributed by atoms with Crippen molar-refractivity contribution < 1.29 is 9.47 Å². The SMILES string of the molecule is CCNc1nccc(NCCCCOCCOC)n1. The van der Waals surface area contributed by atoms with Crippen LogP contribution in [0.4, 0.5) is 11.8 Å². The number of ether oxygens (including phenoxy) is 2. The predicted octanol–water partition coefficient (Wildman–Crippen LogP) is 1.76. The van der Waals surface area contributed by atoms with E-state index in [2.05, 4.69) is 20.6 Å². The fraction of sp³-hybridized carbons (Fsp3) is 0.692. The van der Waals surface area contributed by atoms with Gasteiger partial charge in [-0.2, -0.15) is 4.98 Å². The molecule has 0 aromatic carbocycles. The van der Waals surface area contributed by atoms with E-state index in [1.165, 1.54) is 0 Å². The molecule has 1 aromatic heterocycles. The second-order valence-corrected chi connectivity index (χ2v) is 4.03. The minimum atomic E-state index is 0.659. The molecular formula is C13H24N4O2. The number of nitrogens with one attached hydrogen (secondary N) is 2. The zero-order valence-corrected chi connectivity index (χ0v) is 11.8. The molecule has 19 heavy (non-hydrogen) atoms. The normalized spacial score (nSPS) is 10.4. The molecule has 0 atom stereocenters. The Kier molecular flexibility index (Phi) is 8.67. The molecular weight excluding hydrogens is 244 g/mol. The van der Waals surface area contributed by atoms with Crippen LogP contribution in [0.1, 0.15) is 19.8 Å². The maximum atomic E-state index is 5.39. The Morgan fingerprint density at radius 3 is 2.84 bits per heavy atom. The summed E-state index contributed by atoms with van der Waals surface area (Å²) in [7, 11) is 1.68. The van der Waals surface area contributed by atoms with Gasteiger partial charge in [0.25, 0.3) is 0 Å². The first-order chi connectivity index (χ1) is 9.36. The smallest absolute Gasteiger partial charge is 0.224 e. The first-order valence-corrected chi connectivity index (χ1v) is 6.74. The van der Waals surface area contributed by atoms with Gasteiger partial charge in [-0.25, -0.2) is 4.98 Å². The van der Waals surface area contributed by atoms with Crippen molar-refractivity contribution in [2.75, 3.05) is 50.7 Å². The summed E-state index contributed by atoms with van der Waals surface area (Å²) < 4.78 is 10.3. The van der Waals surface area contributed by atoms with Gasteiger partial charge in [-0.1, -0.05) is 0 Å². The van der Waals surface area contributed by atoms with Crippen LogP contribution in [0.25, 0.3) is 0 Å². The highest BCUT2D eigenvalue weighted by Crippen LogP contribution is 2.05. The lowest BCUT2D eigenvalue weighted by atomic mass is 10.3. The molecule has 1 aromatic rings. The van der Waals surface area contributed by atoms with Crippen molar-refractivity contribution in [3.05, 3.63) is 12.3 Å². The zero-order valence-electron chi connectivity index (χ0n) is 11.8. The van der Waals surface area contributed by atoms with Gasteiger partial charge in [0, 0.05) is 33.0 Å². The summed E-state index contributed by atoms with van der Waals surface area (Å²) in [5.74, 6) is 1.52. The van der Waals surface area contributed by atoms with Crippen molar-refractivity contribution in [2.45, 2.75) is 19.8 Å². The van der Waals surface area contributed by atoms with E-state index < -0.39 is 0 Å². The topological polar surface area (TPSA) is 68.3 Å². The molecule has 0 fully saturated rings. The number of rotatable bonds is 11. The van der Waals surface area contributed by atoms with Crippen molar-refractivity contribution in [1.82, 2.24) is 9.97 Å². The van der Waals surface area contributed by atoms with Crippen LogP contribution in [0.3, 0.4) is 0 Å². The highest BCUT2D eigenvalue weighted by Gasteiger charge is 1.97. The first kappa shape index (κ1) is 15.7. The Bertz CT molecular complexity index is 336. The van der Waals surface area contributed by atoms with Gasteiger partial charge in [0.05, 0.1) is 13.2 Å². The quantitative estimate of drug-likeness (QED) is 0.596. The molecule has 1 rings (SSSR count). The van der Waals surface area contributed by atoms with Crippen LogP contribution in [-0.4, -0.2) is 50.0 Å². The fourth-order valence-electron chi connectivity index (χ4n) is 1.49. The third-order valence-corrected chi connectivity index (χ3v) is 2.44. The van der Waals surface area contributed by atoms with E-state index in [4.69, 9.17) is 9.47 Å². The molecule has 0 unspecified atom stereocenters. The summed E-state index contributed by atoms with van der Waals surface area (Å²) in [5.41, 5.74) is 0. The van der Waals surface area contributed by atoms with Gasteiger partial charge in [0.2, 0.25) is 5.95 Å². The minimum absolute atomic E-state index is 0.659. The molecule has 6 heteroatoms. The molecule has 0 radical (unpaired) electrons. The number of methoxy groups -OCH3 is 1. The molecule has 0 aliphatic rings. The number of unbranched alkanes of at least 4 members (excludes halogenated alkanes) is 1. The van der Waals surface area contributed by atoms with Gasteiger partial charge in [0.1, 0.15) is 5.82 Å². The van der Waals surface area contributed by atoms with Crippen LogP contribution in [0.15, 0.2) is 12.3 Å². The molecule has 0 saturated carbocycles.